The van der Waals surface area contributed by atoms with Crippen molar-refractivity contribution in [3.05, 3.63) is 50.3 Å². The highest BCUT2D eigenvalue weighted by Gasteiger charge is 2.28. The van der Waals surface area contributed by atoms with E-state index in [1.54, 1.807) is 24.3 Å². The summed E-state index contributed by atoms with van der Waals surface area (Å²) in [5, 5.41) is 15.0. The lowest BCUT2D eigenvalue weighted by molar-refractivity contribution is -0.385. The molecule has 2 aromatic rings. The molecule has 0 aliphatic carbocycles. The number of anilines is 1. The second-order valence-corrected chi connectivity index (χ2v) is 6.26. The molecule has 1 saturated heterocycles. The lowest BCUT2D eigenvalue weighted by atomic mass is 10.1. The molecule has 0 bridgehead atoms. The monoisotopic (exact) mass is 319 g/mol. The fourth-order valence-corrected chi connectivity index (χ4v) is 3.38. The zero-order valence-electron chi connectivity index (χ0n) is 12.4. The van der Waals surface area contributed by atoms with Gasteiger partial charge >= 0.3 is 0 Å². The van der Waals surface area contributed by atoms with Gasteiger partial charge in [0.05, 0.1) is 11.0 Å². The van der Waals surface area contributed by atoms with Crippen molar-refractivity contribution < 1.29 is 9.66 Å². The van der Waals surface area contributed by atoms with Gasteiger partial charge < -0.3 is 9.64 Å². The van der Waals surface area contributed by atoms with Crippen LogP contribution in [0, 0.1) is 17.0 Å². The number of aryl methyl sites for hydroxylation is 1. The molecule has 1 aliphatic rings. The fourth-order valence-electron chi connectivity index (χ4n) is 2.68. The Morgan fingerprint density at radius 3 is 2.95 bits per heavy atom. The van der Waals surface area contributed by atoms with Gasteiger partial charge in [0.2, 0.25) is 0 Å². The lowest BCUT2D eigenvalue weighted by Crippen LogP contribution is -2.43. The lowest BCUT2D eigenvalue weighted by Gasteiger charge is -2.37. The van der Waals surface area contributed by atoms with E-state index in [4.69, 9.17) is 4.74 Å². The van der Waals surface area contributed by atoms with Crippen LogP contribution >= 0.6 is 11.3 Å². The molecule has 2 aromatic heterocycles. The van der Waals surface area contributed by atoms with Crippen LogP contribution < -0.4 is 4.90 Å². The van der Waals surface area contributed by atoms with E-state index in [9.17, 15) is 10.1 Å². The van der Waals surface area contributed by atoms with Crippen LogP contribution in [0.15, 0.2) is 29.1 Å². The van der Waals surface area contributed by atoms with Gasteiger partial charge in [0, 0.05) is 18.7 Å². The first-order valence-corrected chi connectivity index (χ1v) is 8.02. The van der Waals surface area contributed by atoms with Crippen molar-refractivity contribution >= 4 is 22.8 Å². The summed E-state index contributed by atoms with van der Waals surface area (Å²) in [5.41, 5.74) is 1.85. The summed E-state index contributed by atoms with van der Waals surface area (Å²) in [6, 6.07) is 3.85. The Bertz CT molecular complexity index is 675. The average molecular weight is 319 g/mol. The van der Waals surface area contributed by atoms with Gasteiger partial charge in [-0.05, 0) is 42.3 Å². The summed E-state index contributed by atoms with van der Waals surface area (Å²) in [4.78, 5) is 16.9. The molecule has 0 spiro atoms. The maximum atomic E-state index is 10.9. The molecule has 7 heteroatoms. The normalized spacial score (nSPS) is 21.8. The van der Waals surface area contributed by atoms with E-state index < -0.39 is 4.92 Å². The standard InChI is InChI=1S/C15H17N3O3S/c1-10-5-15(16-6-13(10)18(19)20)17-7-11(2)21-14(8-17)12-3-4-22-9-12/h3-6,9,11,14H,7-8H2,1-2H3. The predicted octanol–water partition coefficient (Wildman–Crippen LogP) is 3.33. The van der Waals surface area contributed by atoms with E-state index in [1.807, 2.05) is 12.3 Å². The smallest absolute Gasteiger partial charge is 0.290 e. The van der Waals surface area contributed by atoms with Crippen molar-refractivity contribution in [2.24, 2.45) is 0 Å². The van der Waals surface area contributed by atoms with Crippen molar-refractivity contribution in [3.8, 4) is 0 Å². The van der Waals surface area contributed by atoms with Gasteiger partial charge in [-0.3, -0.25) is 10.1 Å². The van der Waals surface area contributed by atoms with Gasteiger partial charge in [0.1, 0.15) is 18.1 Å². The summed E-state index contributed by atoms with van der Waals surface area (Å²) in [6.45, 7) is 5.20. The third-order valence-electron chi connectivity index (χ3n) is 3.76. The number of pyridine rings is 1. The maximum absolute atomic E-state index is 10.9. The van der Waals surface area contributed by atoms with Gasteiger partial charge in [-0.15, -0.1) is 0 Å². The highest BCUT2D eigenvalue weighted by Crippen LogP contribution is 2.30. The Hall–Kier alpha value is -1.99. The molecule has 3 heterocycles. The minimum atomic E-state index is -0.401. The highest BCUT2D eigenvalue weighted by atomic mass is 32.1. The number of aromatic nitrogens is 1. The number of hydrogen-bond donors (Lipinski definition) is 0. The Morgan fingerprint density at radius 1 is 1.50 bits per heavy atom. The van der Waals surface area contributed by atoms with Gasteiger partial charge in [-0.1, -0.05) is 0 Å². The molecule has 6 nitrogen and oxygen atoms in total. The topological polar surface area (TPSA) is 68.5 Å². The third kappa shape index (κ3) is 2.95. The first-order chi connectivity index (χ1) is 10.5. The van der Waals surface area contributed by atoms with Gasteiger partial charge in [-0.2, -0.15) is 11.3 Å². The molecule has 0 N–H and O–H groups in total. The molecular formula is C15H17N3O3S. The van der Waals surface area contributed by atoms with Gasteiger partial charge in [0.15, 0.2) is 0 Å². The third-order valence-corrected chi connectivity index (χ3v) is 4.47. The molecule has 22 heavy (non-hydrogen) atoms. The Balaban J connectivity index is 1.84. The van der Waals surface area contributed by atoms with Crippen molar-refractivity contribution in [2.45, 2.75) is 26.1 Å². The van der Waals surface area contributed by atoms with E-state index in [0.29, 0.717) is 12.1 Å². The van der Waals surface area contributed by atoms with Crippen molar-refractivity contribution in [1.29, 1.82) is 0 Å². The fraction of sp³-hybridized carbons (Fsp3) is 0.400. The van der Waals surface area contributed by atoms with Crippen LogP contribution in [-0.2, 0) is 4.74 Å². The van der Waals surface area contributed by atoms with E-state index in [2.05, 4.69) is 21.3 Å². The zero-order valence-corrected chi connectivity index (χ0v) is 13.2. The molecule has 0 amide bonds. The number of nitro groups is 1. The predicted molar refractivity (Wildman–Crippen MR) is 85.4 cm³/mol. The van der Waals surface area contributed by atoms with E-state index in [-0.39, 0.29) is 17.9 Å². The summed E-state index contributed by atoms with van der Waals surface area (Å²) in [5.74, 6) is 0.762. The molecule has 0 radical (unpaired) electrons. The summed E-state index contributed by atoms with van der Waals surface area (Å²) in [6.07, 6.45) is 1.42. The highest BCUT2D eigenvalue weighted by molar-refractivity contribution is 7.07. The molecule has 2 unspecified atom stereocenters. The van der Waals surface area contributed by atoms with Crippen molar-refractivity contribution in [3.63, 3.8) is 0 Å². The minimum Gasteiger partial charge on any atom is -0.367 e. The minimum absolute atomic E-state index is 0.00676. The second kappa shape index (κ2) is 6.02. The number of thiophene rings is 1. The Labute approximate surface area is 132 Å². The van der Waals surface area contributed by atoms with E-state index >= 15 is 0 Å². The summed E-state index contributed by atoms with van der Waals surface area (Å²) < 4.78 is 6.00. The quantitative estimate of drug-likeness (QED) is 0.641. The Morgan fingerprint density at radius 2 is 2.32 bits per heavy atom. The first kappa shape index (κ1) is 14.9. The molecular weight excluding hydrogens is 302 g/mol. The molecule has 2 atom stereocenters. The van der Waals surface area contributed by atoms with Crippen molar-refractivity contribution in [2.75, 3.05) is 18.0 Å². The van der Waals surface area contributed by atoms with Crippen LogP contribution in [0.25, 0.3) is 0 Å². The summed E-state index contributed by atoms with van der Waals surface area (Å²) >= 11 is 1.65. The van der Waals surface area contributed by atoms with Gasteiger partial charge in [-0.25, -0.2) is 4.98 Å². The number of hydrogen-bond acceptors (Lipinski definition) is 6. The number of nitrogens with zero attached hydrogens (tertiary/aromatic N) is 3. The van der Waals surface area contributed by atoms with Crippen LogP contribution in [-0.4, -0.2) is 29.1 Å². The molecule has 1 aliphatic heterocycles. The molecule has 0 saturated carbocycles. The van der Waals surface area contributed by atoms with Crippen LogP contribution in [0.1, 0.15) is 24.2 Å². The number of ether oxygens (including phenoxy) is 1. The van der Waals surface area contributed by atoms with Gasteiger partial charge in [0.25, 0.3) is 5.69 Å². The van der Waals surface area contributed by atoms with Crippen LogP contribution in [0.2, 0.25) is 0 Å². The van der Waals surface area contributed by atoms with E-state index in [1.165, 1.54) is 11.8 Å². The van der Waals surface area contributed by atoms with Crippen molar-refractivity contribution in [1.82, 2.24) is 4.98 Å². The average Bonchev–Trinajstić information content (AvgIpc) is 3.00. The largest absolute Gasteiger partial charge is 0.367 e. The number of morpholine rings is 1. The Kier molecular flexibility index (Phi) is 4.08. The molecule has 3 rings (SSSR count). The maximum Gasteiger partial charge on any atom is 0.290 e. The molecule has 1 fully saturated rings. The van der Waals surface area contributed by atoms with Crippen LogP contribution in [0.5, 0.6) is 0 Å². The molecule has 0 aromatic carbocycles. The van der Waals surface area contributed by atoms with Crippen LogP contribution in [0.3, 0.4) is 0 Å². The van der Waals surface area contributed by atoms with Crippen LogP contribution in [0.4, 0.5) is 11.5 Å². The summed E-state index contributed by atoms with van der Waals surface area (Å²) in [7, 11) is 0. The SMILES string of the molecule is Cc1cc(N2CC(C)OC(c3ccsc3)C2)ncc1[N+](=O)[O-]. The number of rotatable bonds is 3. The zero-order chi connectivity index (χ0) is 15.7. The first-order valence-electron chi connectivity index (χ1n) is 7.08. The molecule has 116 valence electrons. The van der Waals surface area contributed by atoms with E-state index in [0.717, 1.165) is 12.4 Å². The second-order valence-electron chi connectivity index (χ2n) is 5.48.